The van der Waals surface area contributed by atoms with Crippen LogP contribution in [0.3, 0.4) is 0 Å². The van der Waals surface area contributed by atoms with Crippen LogP contribution in [-0.4, -0.2) is 5.96 Å². The quantitative estimate of drug-likeness (QED) is 0.468. The minimum atomic E-state index is -4.63. The number of guanidine groups is 1. The summed E-state index contributed by atoms with van der Waals surface area (Å²) in [6.07, 6.45) is -9.27. The zero-order valence-electron chi connectivity index (χ0n) is 11.9. The number of alkyl halides is 6. The van der Waals surface area contributed by atoms with Crippen molar-refractivity contribution in [3.63, 3.8) is 0 Å². The molecule has 0 amide bonds. The van der Waals surface area contributed by atoms with E-state index in [1.807, 2.05) is 0 Å². The molecule has 0 saturated heterocycles. The smallest absolute Gasteiger partial charge is 0.369 e. The summed E-state index contributed by atoms with van der Waals surface area (Å²) in [5.74, 6) is -0.714. The maximum absolute atomic E-state index is 12.8. The Kier molecular flexibility index (Phi) is 4.46. The van der Waals surface area contributed by atoms with E-state index in [0.29, 0.717) is 12.1 Å². The minimum Gasteiger partial charge on any atom is -0.369 e. The van der Waals surface area contributed by atoms with E-state index in [9.17, 15) is 26.3 Å². The predicted octanol–water partition coefficient (Wildman–Crippen LogP) is 4.76. The molecule has 128 valence electrons. The fraction of sp³-hybridized carbons (Fsp3) is 0.133. The topological polar surface area (TPSA) is 53.1 Å². The molecule has 0 atom stereocenters. The number of nitrogens with two attached hydrogens (primary N) is 1. The van der Waals surface area contributed by atoms with Crippen LogP contribution in [0, 0.1) is 5.41 Å². The molecule has 3 N–H and O–H groups in total. The highest BCUT2D eigenvalue weighted by Crippen LogP contribution is 2.36. The second-order valence-corrected chi connectivity index (χ2v) is 4.82. The Balaban J connectivity index is 2.54. The summed E-state index contributed by atoms with van der Waals surface area (Å²) in [6.45, 7) is 0. The van der Waals surface area contributed by atoms with Crippen LogP contribution in [0.25, 0.3) is 0 Å². The molecule has 2 aromatic rings. The van der Waals surface area contributed by atoms with Gasteiger partial charge in [0, 0.05) is 11.4 Å². The Labute approximate surface area is 132 Å². The number of nitrogens with one attached hydrogen (secondary N) is 1. The molecule has 0 radical (unpaired) electrons. The van der Waals surface area contributed by atoms with Gasteiger partial charge in [-0.3, -0.25) is 10.3 Å². The number of hydrogen-bond acceptors (Lipinski definition) is 1. The van der Waals surface area contributed by atoms with Crippen molar-refractivity contribution >= 4 is 17.3 Å². The highest BCUT2D eigenvalue weighted by atomic mass is 19.4. The molecular formula is C15H11F6N3. The first kappa shape index (κ1) is 17.6. The molecule has 2 rings (SSSR count). The van der Waals surface area contributed by atoms with Crippen molar-refractivity contribution in [3.8, 4) is 0 Å². The molecular weight excluding hydrogens is 336 g/mol. The van der Waals surface area contributed by atoms with Crippen LogP contribution in [0.15, 0.2) is 48.5 Å². The van der Waals surface area contributed by atoms with Crippen molar-refractivity contribution in [2.45, 2.75) is 12.4 Å². The van der Waals surface area contributed by atoms with E-state index in [4.69, 9.17) is 11.1 Å². The summed E-state index contributed by atoms with van der Waals surface area (Å²) < 4.78 is 76.8. The third-order valence-corrected chi connectivity index (χ3v) is 3.10. The van der Waals surface area contributed by atoms with Gasteiger partial charge in [-0.05, 0) is 36.4 Å². The normalized spacial score (nSPS) is 12.1. The minimum absolute atomic E-state index is 0.170. The monoisotopic (exact) mass is 347 g/mol. The Morgan fingerprint density at radius 1 is 0.792 bits per heavy atom. The van der Waals surface area contributed by atoms with E-state index >= 15 is 0 Å². The zero-order valence-corrected chi connectivity index (χ0v) is 11.9. The lowest BCUT2D eigenvalue weighted by molar-refractivity contribution is -0.138. The van der Waals surface area contributed by atoms with Gasteiger partial charge in [0.15, 0.2) is 5.96 Å². The van der Waals surface area contributed by atoms with Crippen molar-refractivity contribution in [1.29, 1.82) is 5.41 Å². The van der Waals surface area contributed by atoms with Gasteiger partial charge in [0.2, 0.25) is 0 Å². The first-order valence-electron chi connectivity index (χ1n) is 6.49. The van der Waals surface area contributed by atoms with Crippen LogP contribution in [0.1, 0.15) is 11.1 Å². The van der Waals surface area contributed by atoms with Gasteiger partial charge in [-0.25, -0.2) is 0 Å². The van der Waals surface area contributed by atoms with Crippen LogP contribution in [-0.2, 0) is 12.4 Å². The summed E-state index contributed by atoms with van der Waals surface area (Å²) in [4.78, 5) is 0.796. The molecule has 3 nitrogen and oxygen atoms in total. The first-order chi connectivity index (χ1) is 11.0. The van der Waals surface area contributed by atoms with Crippen molar-refractivity contribution in [2.24, 2.45) is 5.73 Å². The van der Waals surface area contributed by atoms with Gasteiger partial charge in [-0.1, -0.05) is 12.1 Å². The zero-order chi connectivity index (χ0) is 18.1. The second kappa shape index (κ2) is 6.06. The highest BCUT2D eigenvalue weighted by molar-refractivity contribution is 6.00. The third kappa shape index (κ3) is 3.79. The summed E-state index contributed by atoms with van der Waals surface area (Å²) in [5.41, 5.74) is 3.02. The largest absolute Gasteiger partial charge is 0.416 e. The average molecular weight is 347 g/mol. The molecule has 0 fully saturated rings. The van der Waals surface area contributed by atoms with Crippen LogP contribution in [0.5, 0.6) is 0 Å². The van der Waals surface area contributed by atoms with E-state index in [1.165, 1.54) is 12.1 Å². The van der Waals surface area contributed by atoms with E-state index < -0.39 is 29.4 Å². The van der Waals surface area contributed by atoms with Crippen LogP contribution >= 0.6 is 0 Å². The molecule has 2 aromatic carbocycles. The second-order valence-electron chi connectivity index (χ2n) is 4.82. The molecule has 0 aliphatic carbocycles. The van der Waals surface area contributed by atoms with Crippen molar-refractivity contribution in [3.05, 3.63) is 59.7 Å². The number of nitrogens with zero attached hydrogens (tertiary/aromatic N) is 1. The summed E-state index contributed by atoms with van der Waals surface area (Å²) >= 11 is 0. The predicted molar refractivity (Wildman–Crippen MR) is 76.9 cm³/mol. The molecule has 9 heteroatoms. The molecule has 0 aliphatic rings. The van der Waals surface area contributed by atoms with Crippen LogP contribution in [0.4, 0.5) is 37.7 Å². The number of halogens is 6. The van der Waals surface area contributed by atoms with Gasteiger partial charge >= 0.3 is 12.4 Å². The van der Waals surface area contributed by atoms with E-state index in [2.05, 4.69) is 0 Å². The van der Waals surface area contributed by atoms with E-state index in [1.54, 1.807) is 0 Å². The summed E-state index contributed by atoms with van der Waals surface area (Å²) in [7, 11) is 0. The Hall–Kier alpha value is -2.71. The molecule has 0 heterocycles. The van der Waals surface area contributed by atoms with Crippen LogP contribution < -0.4 is 10.6 Å². The fourth-order valence-electron chi connectivity index (χ4n) is 2.07. The lowest BCUT2D eigenvalue weighted by atomic mass is 10.1. The molecule has 0 aliphatic heterocycles. The molecule has 0 bridgehead atoms. The summed E-state index contributed by atoms with van der Waals surface area (Å²) in [5, 5.41) is 7.52. The maximum Gasteiger partial charge on any atom is 0.416 e. The fourth-order valence-corrected chi connectivity index (χ4v) is 2.07. The summed E-state index contributed by atoms with van der Waals surface area (Å²) in [6, 6.07) is 7.66. The lowest BCUT2D eigenvalue weighted by Crippen LogP contribution is -2.32. The van der Waals surface area contributed by atoms with Crippen molar-refractivity contribution < 1.29 is 26.3 Å². The Morgan fingerprint density at radius 3 is 1.46 bits per heavy atom. The third-order valence-electron chi connectivity index (χ3n) is 3.10. The number of anilines is 2. The molecule has 24 heavy (non-hydrogen) atoms. The van der Waals surface area contributed by atoms with Gasteiger partial charge < -0.3 is 5.73 Å². The number of hydrogen-bond donors (Lipinski definition) is 2. The maximum atomic E-state index is 12.8. The molecule has 0 aromatic heterocycles. The highest BCUT2D eigenvalue weighted by Gasteiger charge is 2.32. The standard InChI is InChI=1S/C15H11F6N3/c16-14(17,18)9-3-1-5-11(7-9)24(13(22)23)12-6-2-4-10(8-12)15(19,20)21/h1-8H,(H3,22,23). The van der Waals surface area contributed by atoms with Gasteiger partial charge in [0.05, 0.1) is 11.1 Å². The Morgan fingerprint density at radius 2 is 1.17 bits per heavy atom. The van der Waals surface area contributed by atoms with Crippen molar-refractivity contribution in [2.75, 3.05) is 4.90 Å². The SMILES string of the molecule is N=C(N)N(c1cccc(C(F)(F)F)c1)c1cccc(C(F)(F)F)c1. The van der Waals surface area contributed by atoms with Crippen LogP contribution in [0.2, 0.25) is 0 Å². The lowest BCUT2D eigenvalue weighted by Gasteiger charge is -2.24. The average Bonchev–Trinajstić information content (AvgIpc) is 2.46. The molecule has 0 unspecified atom stereocenters. The molecule has 0 spiro atoms. The van der Waals surface area contributed by atoms with Gasteiger partial charge in [-0.2, -0.15) is 26.3 Å². The van der Waals surface area contributed by atoms with Crippen molar-refractivity contribution in [1.82, 2.24) is 0 Å². The number of benzene rings is 2. The van der Waals surface area contributed by atoms with Gasteiger partial charge in [-0.15, -0.1) is 0 Å². The van der Waals surface area contributed by atoms with E-state index in [-0.39, 0.29) is 11.4 Å². The van der Waals surface area contributed by atoms with Gasteiger partial charge in [0.1, 0.15) is 0 Å². The Bertz CT molecular complexity index is 694. The molecule has 0 saturated carbocycles. The number of rotatable bonds is 2. The van der Waals surface area contributed by atoms with E-state index in [0.717, 1.165) is 29.2 Å². The first-order valence-corrected chi connectivity index (χ1v) is 6.49. The van der Waals surface area contributed by atoms with Gasteiger partial charge in [0.25, 0.3) is 0 Å².